The van der Waals surface area contributed by atoms with Crippen LogP contribution in [0.5, 0.6) is 0 Å². The molecule has 1 aromatic heterocycles. The number of aromatic nitrogens is 2. The minimum Gasteiger partial charge on any atom is -0.456 e. The van der Waals surface area contributed by atoms with Gasteiger partial charge in [0.05, 0.1) is 0 Å². The Kier molecular flexibility index (Phi) is 12.4. The Morgan fingerprint density at radius 3 is 2.40 bits per heavy atom. The number of carbonyl (C=O) groups excluding carboxylic acids is 3. The molecule has 3 amide bonds. The highest BCUT2D eigenvalue weighted by atomic mass is 33.1. The van der Waals surface area contributed by atoms with Gasteiger partial charge in [-0.1, -0.05) is 21.6 Å². The molecule has 1 fully saturated rings. The van der Waals surface area contributed by atoms with Gasteiger partial charge in [-0.2, -0.15) is 0 Å². The number of rotatable bonds is 14. The first-order chi connectivity index (χ1) is 19.9. The van der Waals surface area contributed by atoms with Gasteiger partial charge in [-0.05, 0) is 6.08 Å². The third-order valence-electron chi connectivity index (χ3n) is 6.04. The number of carbonyl (C=O) groups is 3. The van der Waals surface area contributed by atoms with Crippen LogP contribution in [0.4, 0.5) is 0 Å². The lowest BCUT2D eigenvalue weighted by Gasteiger charge is -2.35. The topological polar surface area (TPSA) is 254 Å². The Labute approximate surface area is 246 Å². The van der Waals surface area contributed by atoms with Crippen LogP contribution in [0, 0.1) is 0 Å². The molecule has 2 aliphatic heterocycles. The first kappa shape index (κ1) is 33.6. The zero-order chi connectivity index (χ0) is 31.0. The number of nitrogens with zero attached hydrogens (tertiary/aromatic N) is 1. The summed E-state index contributed by atoms with van der Waals surface area (Å²) in [5.41, 5.74) is 3.93. The number of nitrogens with two attached hydrogens (primary N) is 1. The molecule has 0 aromatic carbocycles. The van der Waals surface area contributed by atoms with Crippen LogP contribution in [0.2, 0.25) is 0 Å². The summed E-state index contributed by atoms with van der Waals surface area (Å²) in [7, 11) is 4.16. The molecule has 0 aliphatic carbocycles. The summed E-state index contributed by atoms with van der Waals surface area (Å²) < 4.78 is 22.9. The first-order valence-electron chi connectivity index (χ1n) is 12.6. The largest absolute Gasteiger partial charge is 0.456 e. The summed E-state index contributed by atoms with van der Waals surface area (Å²) in [6, 6.07) is 1.02. The number of aliphatic hydroxyl groups excluding tert-OH is 3. The third kappa shape index (κ3) is 8.57. The lowest BCUT2D eigenvalue weighted by Crippen LogP contribution is -2.54. The van der Waals surface area contributed by atoms with Gasteiger partial charge >= 0.3 is 5.69 Å². The Morgan fingerprint density at radius 2 is 1.81 bits per heavy atom. The van der Waals surface area contributed by atoms with Gasteiger partial charge < -0.3 is 50.6 Å². The van der Waals surface area contributed by atoms with Crippen LogP contribution in [-0.4, -0.2) is 117 Å². The Morgan fingerprint density at radius 1 is 1.14 bits per heavy atom. The van der Waals surface area contributed by atoms with Crippen LogP contribution in [0.15, 0.2) is 33.7 Å². The maximum Gasteiger partial charge on any atom is 0.330 e. The van der Waals surface area contributed by atoms with E-state index < -0.39 is 78.0 Å². The molecule has 234 valence electrons. The molecule has 3 rings (SSSR count). The van der Waals surface area contributed by atoms with E-state index in [0.717, 1.165) is 22.9 Å². The zero-order valence-electron chi connectivity index (χ0n) is 22.5. The molecule has 1 saturated heterocycles. The van der Waals surface area contributed by atoms with E-state index in [0.29, 0.717) is 18.1 Å². The molecule has 19 heteroatoms. The highest BCUT2D eigenvalue weighted by Crippen LogP contribution is 2.34. The van der Waals surface area contributed by atoms with Crippen LogP contribution in [0.3, 0.4) is 0 Å². The molecule has 0 bridgehead atoms. The van der Waals surface area contributed by atoms with Crippen LogP contribution >= 0.6 is 21.6 Å². The lowest BCUT2D eigenvalue weighted by molar-refractivity contribution is -0.241. The number of hydrogen-bond donors (Lipinski definition) is 7. The van der Waals surface area contributed by atoms with Crippen LogP contribution in [0.25, 0.3) is 0 Å². The maximum atomic E-state index is 12.6. The predicted molar refractivity (Wildman–Crippen MR) is 148 cm³/mol. The van der Waals surface area contributed by atoms with E-state index in [1.54, 1.807) is 0 Å². The average molecular weight is 636 g/mol. The van der Waals surface area contributed by atoms with Gasteiger partial charge in [-0.25, -0.2) is 4.79 Å². The predicted octanol–water partition coefficient (Wildman–Crippen LogP) is -3.72. The molecule has 8 N–H and O–H groups in total. The number of hydrogen-bond acceptors (Lipinski definition) is 14. The first-order valence-corrected chi connectivity index (χ1v) is 15.1. The van der Waals surface area contributed by atoms with Gasteiger partial charge in [0.25, 0.3) is 11.5 Å². The Balaban J connectivity index is 1.64. The van der Waals surface area contributed by atoms with E-state index in [2.05, 4.69) is 10.6 Å². The molecule has 0 unspecified atom stereocenters. The van der Waals surface area contributed by atoms with Crippen molar-refractivity contribution in [2.45, 2.75) is 56.1 Å². The molecule has 42 heavy (non-hydrogen) atoms. The smallest absolute Gasteiger partial charge is 0.330 e. The van der Waals surface area contributed by atoms with Gasteiger partial charge in [0.2, 0.25) is 18.1 Å². The van der Waals surface area contributed by atoms with Crippen molar-refractivity contribution in [3.8, 4) is 0 Å². The molecular formula is C23H33N5O12S2. The van der Waals surface area contributed by atoms with Crippen molar-refractivity contribution in [3.05, 3.63) is 44.9 Å². The fourth-order valence-corrected chi connectivity index (χ4v) is 5.88. The summed E-state index contributed by atoms with van der Waals surface area (Å²) in [6.45, 7) is 2.16. The van der Waals surface area contributed by atoms with Crippen LogP contribution < -0.4 is 27.6 Å². The number of ether oxygens (including phenoxy) is 4. The number of amides is 3. The van der Waals surface area contributed by atoms with E-state index in [1.165, 1.54) is 35.6 Å². The standard InChI is InChI=1S/C23H33N5O12S2/c1-10(29)25-4-7-41-42-8-5-26-20(35)12-9-11(30)14(32)22(38-12)40-18(19(24)34)17-16(37-2)15(33)21(39-17)28-6-3-13(31)27-23(28)36/h3,6,9,11,14-18,21-22,30,32-33H,4-5,7-8H2,1-2H3,(H2,24,34)(H,25,29)(H,26,35)(H,27,31,36)/t11-,14-,15+,16-,17-,18-,21+,22+/m0/s1. The van der Waals surface area contributed by atoms with E-state index in [1.807, 2.05) is 4.98 Å². The van der Waals surface area contributed by atoms with Crippen molar-refractivity contribution in [1.82, 2.24) is 20.2 Å². The van der Waals surface area contributed by atoms with E-state index in [4.69, 9.17) is 24.7 Å². The van der Waals surface area contributed by atoms with Crippen molar-refractivity contribution in [2.75, 3.05) is 31.7 Å². The van der Waals surface area contributed by atoms with E-state index in [9.17, 15) is 39.3 Å². The normalized spacial score (nSPS) is 27.9. The molecule has 8 atom stereocenters. The molecular weight excluding hydrogens is 602 g/mol. The molecule has 0 radical (unpaired) electrons. The van der Waals surface area contributed by atoms with Crippen molar-refractivity contribution < 1.29 is 48.7 Å². The summed E-state index contributed by atoms with van der Waals surface area (Å²) in [6.07, 6.45) is -10.6. The molecule has 17 nitrogen and oxygen atoms in total. The summed E-state index contributed by atoms with van der Waals surface area (Å²) in [5.74, 6) is -1.19. The summed E-state index contributed by atoms with van der Waals surface area (Å²) in [5, 5.41) is 36.8. The number of primary amides is 1. The van der Waals surface area contributed by atoms with Crippen LogP contribution in [-0.2, 0) is 33.3 Å². The van der Waals surface area contributed by atoms with Gasteiger partial charge in [-0.15, -0.1) is 0 Å². The van der Waals surface area contributed by atoms with Crippen molar-refractivity contribution in [3.63, 3.8) is 0 Å². The fourth-order valence-electron chi connectivity index (χ4n) is 4.07. The second-order valence-corrected chi connectivity index (χ2v) is 11.7. The number of nitrogens with one attached hydrogen (secondary N) is 3. The number of methoxy groups -OCH3 is 1. The molecule has 0 saturated carbocycles. The van der Waals surface area contributed by atoms with Crippen molar-refractivity contribution in [2.24, 2.45) is 5.73 Å². The van der Waals surface area contributed by atoms with Crippen molar-refractivity contribution >= 4 is 39.3 Å². The molecule has 3 heterocycles. The lowest BCUT2D eigenvalue weighted by atomic mass is 10.0. The fraction of sp³-hybridized carbons (Fsp3) is 0.609. The zero-order valence-corrected chi connectivity index (χ0v) is 24.2. The van der Waals surface area contributed by atoms with Crippen molar-refractivity contribution in [1.29, 1.82) is 0 Å². The minimum absolute atomic E-state index is 0.121. The minimum atomic E-state index is -1.78. The molecule has 0 spiro atoms. The molecule has 2 aliphatic rings. The van der Waals surface area contributed by atoms with E-state index >= 15 is 0 Å². The van der Waals surface area contributed by atoms with Gasteiger partial charge in [0.15, 0.2) is 18.1 Å². The monoisotopic (exact) mass is 635 g/mol. The highest BCUT2D eigenvalue weighted by Gasteiger charge is 2.52. The van der Waals surface area contributed by atoms with Gasteiger partial charge in [-0.3, -0.25) is 28.7 Å². The van der Waals surface area contributed by atoms with Gasteiger partial charge in [0.1, 0.15) is 30.5 Å². The number of aromatic amines is 1. The third-order valence-corrected chi connectivity index (χ3v) is 8.45. The SMILES string of the molecule is CO[C@H]1[C@@H](O)[C@H](n2ccc(=O)[nH]c2=O)O[C@@H]1[C@H](O[C@H]1OC(C(=O)NCCSSCCNC(C)=O)=C[C@H](O)[C@@H]1O)C(N)=O. The summed E-state index contributed by atoms with van der Waals surface area (Å²) in [4.78, 5) is 61.6. The average Bonchev–Trinajstić information content (AvgIpc) is 3.25. The Bertz CT molecular complexity index is 1260. The second-order valence-electron chi connectivity index (χ2n) is 9.04. The van der Waals surface area contributed by atoms with Gasteiger partial charge in [0, 0.05) is 50.9 Å². The maximum absolute atomic E-state index is 12.6. The Hall–Kier alpha value is -2.91. The summed E-state index contributed by atoms with van der Waals surface area (Å²) >= 11 is 0. The number of H-pyrrole nitrogens is 1. The molecule has 1 aromatic rings. The van der Waals surface area contributed by atoms with Crippen LogP contribution in [0.1, 0.15) is 13.2 Å². The van der Waals surface area contributed by atoms with E-state index in [-0.39, 0.29) is 12.5 Å². The second kappa shape index (κ2) is 15.5. The quantitative estimate of drug-likeness (QED) is 0.0767. The number of aliphatic hydroxyl groups is 3. The highest BCUT2D eigenvalue weighted by molar-refractivity contribution is 8.76.